The van der Waals surface area contributed by atoms with E-state index in [2.05, 4.69) is 5.10 Å². The first-order valence-electron chi connectivity index (χ1n) is 10.1. The van der Waals surface area contributed by atoms with Gasteiger partial charge in [0.05, 0.1) is 18.9 Å². The van der Waals surface area contributed by atoms with Crippen LogP contribution in [0, 0.1) is 6.92 Å². The van der Waals surface area contributed by atoms with Crippen LogP contribution in [-0.4, -0.2) is 94.7 Å². The van der Waals surface area contributed by atoms with E-state index in [0.29, 0.717) is 58.2 Å². The zero-order valence-corrected chi connectivity index (χ0v) is 17.0. The van der Waals surface area contributed by atoms with Gasteiger partial charge >= 0.3 is 11.8 Å². The lowest BCUT2D eigenvalue weighted by atomic mass is 10.2. The molecule has 3 heterocycles. The van der Waals surface area contributed by atoms with E-state index >= 15 is 0 Å². The molecule has 0 radical (unpaired) electrons. The van der Waals surface area contributed by atoms with Crippen LogP contribution in [0.3, 0.4) is 0 Å². The molecule has 1 aromatic carbocycles. The van der Waals surface area contributed by atoms with Crippen molar-refractivity contribution < 1.29 is 19.1 Å². The zero-order chi connectivity index (χ0) is 21.1. The number of hydrogen-bond donors (Lipinski definition) is 0. The monoisotopic (exact) mass is 411 g/mol. The number of para-hydroxylation sites is 1. The molecule has 0 unspecified atom stereocenters. The topological polar surface area (TPSA) is 88.0 Å². The Morgan fingerprint density at radius 2 is 1.40 bits per heavy atom. The third-order valence-corrected chi connectivity index (χ3v) is 5.44. The summed E-state index contributed by atoms with van der Waals surface area (Å²) in [6.07, 6.45) is 0. The van der Waals surface area contributed by atoms with Gasteiger partial charge in [0, 0.05) is 45.0 Å². The molecule has 158 valence electrons. The summed E-state index contributed by atoms with van der Waals surface area (Å²) in [5.74, 6) is -1.16. The van der Waals surface area contributed by atoms with Crippen molar-refractivity contribution >= 4 is 17.7 Å². The molecule has 3 amide bonds. The number of morpholine rings is 1. The van der Waals surface area contributed by atoms with E-state index in [1.54, 1.807) is 15.6 Å². The van der Waals surface area contributed by atoms with Crippen LogP contribution in [0.15, 0.2) is 36.4 Å². The van der Waals surface area contributed by atoms with Gasteiger partial charge in [0.15, 0.2) is 5.69 Å². The average Bonchev–Trinajstić information content (AvgIpc) is 3.20. The molecular weight excluding hydrogens is 386 g/mol. The van der Waals surface area contributed by atoms with Crippen molar-refractivity contribution in [2.45, 2.75) is 6.92 Å². The first kappa shape index (κ1) is 20.1. The Kier molecular flexibility index (Phi) is 5.80. The number of benzene rings is 1. The van der Waals surface area contributed by atoms with E-state index < -0.39 is 11.8 Å². The van der Waals surface area contributed by atoms with Gasteiger partial charge in [-0.3, -0.25) is 14.4 Å². The summed E-state index contributed by atoms with van der Waals surface area (Å²) in [5, 5.41) is 4.47. The summed E-state index contributed by atoms with van der Waals surface area (Å²) in [7, 11) is 0. The highest BCUT2D eigenvalue weighted by Gasteiger charge is 2.32. The van der Waals surface area contributed by atoms with Crippen molar-refractivity contribution in [2.75, 3.05) is 52.5 Å². The van der Waals surface area contributed by atoms with Crippen LogP contribution < -0.4 is 0 Å². The number of hydrogen-bond acceptors (Lipinski definition) is 5. The molecule has 0 saturated carbocycles. The SMILES string of the molecule is Cc1cc(C(=O)N2CCN(C(=O)C(=O)N3CCOCC3)CC2)nn1-c1ccccc1. The maximum atomic E-state index is 12.9. The Morgan fingerprint density at radius 3 is 2.03 bits per heavy atom. The van der Waals surface area contributed by atoms with Gasteiger partial charge in [-0.25, -0.2) is 4.68 Å². The van der Waals surface area contributed by atoms with Gasteiger partial charge in [0.25, 0.3) is 5.91 Å². The van der Waals surface area contributed by atoms with Crippen molar-refractivity contribution in [1.82, 2.24) is 24.5 Å². The maximum Gasteiger partial charge on any atom is 0.312 e. The van der Waals surface area contributed by atoms with Crippen molar-refractivity contribution in [3.8, 4) is 5.69 Å². The van der Waals surface area contributed by atoms with E-state index in [-0.39, 0.29) is 5.91 Å². The molecule has 0 atom stereocenters. The fourth-order valence-corrected chi connectivity index (χ4v) is 3.72. The molecule has 4 rings (SSSR count). The number of piperazine rings is 1. The van der Waals surface area contributed by atoms with E-state index in [9.17, 15) is 14.4 Å². The fourth-order valence-electron chi connectivity index (χ4n) is 3.72. The second kappa shape index (κ2) is 8.66. The number of ether oxygens (including phenoxy) is 1. The average molecular weight is 411 g/mol. The molecular formula is C21H25N5O4. The van der Waals surface area contributed by atoms with Crippen molar-refractivity contribution in [3.63, 3.8) is 0 Å². The zero-order valence-electron chi connectivity index (χ0n) is 17.0. The molecule has 2 fully saturated rings. The summed E-state index contributed by atoms with van der Waals surface area (Å²) in [5.41, 5.74) is 2.14. The lowest BCUT2D eigenvalue weighted by molar-refractivity contribution is -0.154. The molecule has 2 saturated heterocycles. The third kappa shape index (κ3) is 4.06. The Balaban J connectivity index is 1.37. The molecule has 1 aromatic heterocycles. The number of carbonyl (C=O) groups excluding carboxylic acids is 3. The predicted molar refractivity (Wildman–Crippen MR) is 108 cm³/mol. The van der Waals surface area contributed by atoms with E-state index in [1.165, 1.54) is 9.80 Å². The van der Waals surface area contributed by atoms with Crippen LogP contribution in [0.25, 0.3) is 5.69 Å². The highest BCUT2D eigenvalue weighted by molar-refractivity contribution is 6.34. The molecule has 0 aliphatic carbocycles. The van der Waals surface area contributed by atoms with Crippen molar-refractivity contribution in [2.24, 2.45) is 0 Å². The minimum absolute atomic E-state index is 0.167. The third-order valence-electron chi connectivity index (χ3n) is 5.44. The first-order chi connectivity index (χ1) is 14.5. The molecule has 9 heteroatoms. The molecule has 2 aromatic rings. The summed E-state index contributed by atoms with van der Waals surface area (Å²) in [6, 6.07) is 11.4. The quantitative estimate of drug-likeness (QED) is 0.665. The number of aromatic nitrogens is 2. The Bertz CT molecular complexity index is 928. The largest absolute Gasteiger partial charge is 0.378 e. The first-order valence-corrected chi connectivity index (χ1v) is 10.1. The Hall–Kier alpha value is -3.20. The van der Waals surface area contributed by atoms with E-state index in [1.807, 2.05) is 37.3 Å². The number of rotatable bonds is 2. The lowest BCUT2D eigenvalue weighted by Crippen LogP contribution is -2.55. The minimum Gasteiger partial charge on any atom is -0.378 e. The van der Waals surface area contributed by atoms with Crippen molar-refractivity contribution in [3.05, 3.63) is 47.8 Å². The highest BCUT2D eigenvalue weighted by atomic mass is 16.5. The maximum absolute atomic E-state index is 12.9. The number of amides is 3. The van der Waals surface area contributed by atoms with Crippen LogP contribution in [0.4, 0.5) is 0 Å². The molecule has 30 heavy (non-hydrogen) atoms. The molecule has 0 spiro atoms. The second-order valence-electron chi connectivity index (χ2n) is 7.41. The second-order valence-corrected chi connectivity index (χ2v) is 7.41. The lowest BCUT2D eigenvalue weighted by Gasteiger charge is -2.35. The Morgan fingerprint density at radius 1 is 0.833 bits per heavy atom. The van der Waals surface area contributed by atoms with Crippen LogP contribution >= 0.6 is 0 Å². The highest BCUT2D eigenvalue weighted by Crippen LogP contribution is 2.15. The van der Waals surface area contributed by atoms with Gasteiger partial charge in [-0.15, -0.1) is 0 Å². The van der Waals surface area contributed by atoms with Gasteiger partial charge < -0.3 is 19.4 Å². The van der Waals surface area contributed by atoms with E-state index in [4.69, 9.17) is 4.74 Å². The summed E-state index contributed by atoms with van der Waals surface area (Å²) in [6.45, 7) is 5.10. The van der Waals surface area contributed by atoms with Gasteiger partial charge in [0.2, 0.25) is 0 Å². The summed E-state index contributed by atoms with van der Waals surface area (Å²) < 4.78 is 6.97. The summed E-state index contributed by atoms with van der Waals surface area (Å²) in [4.78, 5) is 42.6. The number of nitrogens with zero attached hydrogens (tertiary/aromatic N) is 5. The molecule has 0 N–H and O–H groups in total. The van der Waals surface area contributed by atoms with Gasteiger partial charge in [0.1, 0.15) is 0 Å². The van der Waals surface area contributed by atoms with Gasteiger partial charge in [-0.05, 0) is 25.1 Å². The normalized spacial score (nSPS) is 17.2. The van der Waals surface area contributed by atoms with E-state index in [0.717, 1.165) is 11.4 Å². The molecule has 2 aliphatic rings. The van der Waals surface area contributed by atoms with Crippen LogP contribution in [0.1, 0.15) is 16.2 Å². The molecule has 2 aliphatic heterocycles. The van der Waals surface area contributed by atoms with Crippen molar-refractivity contribution in [1.29, 1.82) is 0 Å². The van der Waals surface area contributed by atoms with Crippen LogP contribution in [0.2, 0.25) is 0 Å². The molecule has 0 bridgehead atoms. The number of aryl methyl sites for hydroxylation is 1. The molecule has 9 nitrogen and oxygen atoms in total. The summed E-state index contributed by atoms with van der Waals surface area (Å²) >= 11 is 0. The van der Waals surface area contributed by atoms with Crippen LogP contribution in [-0.2, 0) is 14.3 Å². The standard InChI is InChI=1S/C21H25N5O4/c1-16-15-18(22-26(16)17-5-3-2-4-6-17)19(27)23-7-9-24(10-8-23)20(28)21(29)25-11-13-30-14-12-25/h2-6,15H,7-14H2,1H3. The fraction of sp³-hybridized carbons (Fsp3) is 0.429. The minimum atomic E-state index is -0.506. The Labute approximate surface area is 174 Å². The van der Waals surface area contributed by atoms with Gasteiger partial charge in [-0.1, -0.05) is 18.2 Å². The van der Waals surface area contributed by atoms with Gasteiger partial charge in [-0.2, -0.15) is 5.10 Å². The van der Waals surface area contributed by atoms with Crippen LogP contribution in [0.5, 0.6) is 0 Å². The smallest absolute Gasteiger partial charge is 0.312 e. The number of carbonyl (C=O) groups is 3. The predicted octanol–water partition coefficient (Wildman–Crippen LogP) is 0.324.